The molecule has 0 unspecified atom stereocenters. The van der Waals surface area contributed by atoms with Gasteiger partial charge in [-0.3, -0.25) is 9.59 Å². The average molecular weight is 328 g/mol. The number of nitrogens with one attached hydrogen (secondary N) is 3. The molecule has 0 spiro atoms. The third-order valence-corrected chi connectivity index (χ3v) is 3.54. The molecule has 0 aliphatic carbocycles. The molecule has 0 atom stereocenters. The molecule has 6 heteroatoms. The number of hydrogen-bond donors (Lipinski definition) is 3. The molecule has 23 heavy (non-hydrogen) atoms. The van der Waals surface area contributed by atoms with E-state index in [1.807, 2.05) is 18.2 Å². The molecule has 0 saturated heterocycles. The molecule has 2 aromatic rings. The second kappa shape index (κ2) is 6.54. The molecular weight excluding hydrogens is 314 g/mol. The molecule has 2 amide bonds. The number of rotatable bonds is 2. The van der Waals surface area contributed by atoms with Gasteiger partial charge in [0.05, 0.1) is 12.2 Å². The van der Waals surface area contributed by atoms with Crippen molar-refractivity contribution in [3.05, 3.63) is 65.2 Å². The van der Waals surface area contributed by atoms with E-state index in [1.54, 1.807) is 30.3 Å². The molecule has 0 saturated carbocycles. The number of hydrogen-bond acceptors (Lipinski definition) is 3. The fourth-order valence-corrected chi connectivity index (χ4v) is 2.45. The number of benzene rings is 2. The second-order valence-corrected chi connectivity index (χ2v) is 5.44. The average Bonchev–Trinajstić information content (AvgIpc) is 2.67. The summed E-state index contributed by atoms with van der Waals surface area (Å²) in [6, 6.07) is 14.3. The van der Waals surface area contributed by atoms with Gasteiger partial charge < -0.3 is 16.0 Å². The van der Waals surface area contributed by atoms with Crippen LogP contribution in [0.1, 0.15) is 5.56 Å². The van der Waals surface area contributed by atoms with Gasteiger partial charge in [-0.25, -0.2) is 0 Å². The summed E-state index contributed by atoms with van der Waals surface area (Å²) < 4.78 is 0. The number of amides is 2. The summed E-state index contributed by atoms with van der Waals surface area (Å²) in [5.41, 5.74) is 2.55. The fraction of sp³-hybridized carbons (Fsp3) is 0.0588. The molecule has 5 nitrogen and oxygen atoms in total. The fourth-order valence-electron chi connectivity index (χ4n) is 2.28. The van der Waals surface area contributed by atoms with Crippen molar-refractivity contribution in [2.24, 2.45) is 0 Å². The molecule has 0 aromatic heterocycles. The van der Waals surface area contributed by atoms with Crippen LogP contribution in [0.3, 0.4) is 0 Å². The summed E-state index contributed by atoms with van der Waals surface area (Å²) in [6.45, 7) is 0.0801. The summed E-state index contributed by atoms with van der Waals surface area (Å²) in [5.74, 6) is -0.477. The Morgan fingerprint density at radius 3 is 2.74 bits per heavy atom. The van der Waals surface area contributed by atoms with Crippen LogP contribution in [-0.2, 0) is 9.59 Å². The van der Waals surface area contributed by atoms with Gasteiger partial charge in [-0.15, -0.1) is 0 Å². The number of carbonyl (C=O) groups is 2. The van der Waals surface area contributed by atoms with Crippen LogP contribution in [0.25, 0.3) is 5.70 Å². The van der Waals surface area contributed by atoms with E-state index in [1.165, 1.54) is 6.08 Å². The Kier molecular flexibility index (Phi) is 4.30. The van der Waals surface area contributed by atoms with Gasteiger partial charge in [0, 0.05) is 28.0 Å². The maximum atomic E-state index is 12.2. The van der Waals surface area contributed by atoms with Crippen molar-refractivity contribution >= 4 is 40.5 Å². The summed E-state index contributed by atoms with van der Waals surface area (Å²) in [6.07, 6.45) is 1.43. The van der Waals surface area contributed by atoms with Gasteiger partial charge >= 0.3 is 0 Å². The highest BCUT2D eigenvalue weighted by atomic mass is 35.5. The van der Waals surface area contributed by atoms with E-state index in [0.29, 0.717) is 27.7 Å². The van der Waals surface area contributed by atoms with Crippen molar-refractivity contribution in [3.8, 4) is 0 Å². The highest BCUT2D eigenvalue weighted by molar-refractivity contribution is 6.31. The van der Waals surface area contributed by atoms with Gasteiger partial charge in [-0.1, -0.05) is 29.8 Å². The lowest BCUT2D eigenvalue weighted by molar-refractivity contribution is -0.115. The van der Waals surface area contributed by atoms with Gasteiger partial charge in [0.25, 0.3) is 0 Å². The van der Waals surface area contributed by atoms with Crippen LogP contribution < -0.4 is 16.0 Å². The number of para-hydroxylation sites is 1. The second-order valence-electron chi connectivity index (χ2n) is 5.00. The Labute approximate surface area is 138 Å². The summed E-state index contributed by atoms with van der Waals surface area (Å²) in [4.78, 5) is 23.9. The first-order chi connectivity index (χ1) is 11.1. The molecule has 1 aliphatic heterocycles. The van der Waals surface area contributed by atoms with Crippen LogP contribution in [0.5, 0.6) is 0 Å². The van der Waals surface area contributed by atoms with E-state index in [0.717, 1.165) is 0 Å². The van der Waals surface area contributed by atoms with Crippen molar-refractivity contribution in [2.45, 2.75) is 0 Å². The van der Waals surface area contributed by atoms with E-state index in [4.69, 9.17) is 11.6 Å². The summed E-state index contributed by atoms with van der Waals surface area (Å²) in [5, 5.41) is 9.02. The summed E-state index contributed by atoms with van der Waals surface area (Å²) in [7, 11) is 0. The van der Waals surface area contributed by atoms with E-state index in [-0.39, 0.29) is 18.4 Å². The predicted molar refractivity (Wildman–Crippen MR) is 91.1 cm³/mol. The molecule has 1 aliphatic rings. The molecule has 3 N–H and O–H groups in total. The Morgan fingerprint density at radius 2 is 1.96 bits per heavy atom. The topological polar surface area (TPSA) is 70.2 Å². The third kappa shape index (κ3) is 3.70. The Morgan fingerprint density at radius 1 is 1.17 bits per heavy atom. The van der Waals surface area contributed by atoms with E-state index < -0.39 is 0 Å². The number of carbonyl (C=O) groups excluding carboxylic acids is 2. The largest absolute Gasteiger partial charge is 0.375 e. The minimum absolute atomic E-state index is 0.0801. The van der Waals surface area contributed by atoms with Crippen LogP contribution in [0, 0.1) is 0 Å². The highest BCUT2D eigenvalue weighted by Gasteiger charge is 2.17. The lowest BCUT2D eigenvalue weighted by Gasteiger charge is -2.10. The van der Waals surface area contributed by atoms with Crippen LogP contribution >= 0.6 is 11.6 Å². The first-order valence-electron chi connectivity index (χ1n) is 7.03. The predicted octanol–water partition coefficient (Wildman–Crippen LogP) is 2.86. The number of fused-ring (bicyclic) bond motifs is 1. The summed E-state index contributed by atoms with van der Waals surface area (Å²) >= 11 is 5.97. The van der Waals surface area contributed by atoms with Crippen LogP contribution in [0.4, 0.5) is 11.4 Å². The molecule has 0 radical (unpaired) electrons. The van der Waals surface area contributed by atoms with Crippen molar-refractivity contribution in [2.75, 3.05) is 17.2 Å². The Hall–Kier alpha value is -2.79. The van der Waals surface area contributed by atoms with Crippen molar-refractivity contribution < 1.29 is 9.59 Å². The Balaban J connectivity index is 1.89. The highest BCUT2D eigenvalue weighted by Crippen LogP contribution is 2.27. The van der Waals surface area contributed by atoms with Crippen LogP contribution in [-0.4, -0.2) is 18.4 Å². The number of anilines is 2. The zero-order valence-corrected chi connectivity index (χ0v) is 12.9. The van der Waals surface area contributed by atoms with Gasteiger partial charge in [0.2, 0.25) is 11.8 Å². The molecule has 2 aromatic carbocycles. The molecule has 116 valence electrons. The molecule has 1 heterocycles. The molecule has 3 rings (SSSR count). The van der Waals surface area contributed by atoms with E-state index >= 15 is 0 Å². The maximum absolute atomic E-state index is 12.2. The van der Waals surface area contributed by atoms with Crippen LogP contribution in [0.15, 0.2) is 54.6 Å². The maximum Gasteiger partial charge on any atom is 0.250 e. The quantitative estimate of drug-likeness (QED) is 0.743. The van der Waals surface area contributed by atoms with Crippen molar-refractivity contribution in [1.29, 1.82) is 0 Å². The smallest absolute Gasteiger partial charge is 0.250 e. The first-order valence-corrected chi connectivity index (χ1v) is 7.41. The van der Waals surface area contributed by atoms with Gasteiger partial charge in [-0.2, -0.15) is 0 Å². The Bertz CT molecular complexity index is 788. The van der Waals surface area contributed by atoms with E-state index in [9.17, 15) is 9.59 Å². The SMILES string of the molecule is O=C(/C=C1\NCC(=O)Nc2cc(Cl)ccc21)Nc1ccccc1. The molecular formula is C17H14ClN3O2. The standard InChI is InChI=1S/C17H14ClN3O2/c18-11-6-7-13-14(19-10-17(23)21-15(13)8-11)9-16(22)20-12-4-2-1-3-5-12/h1-9,19H,10H2,(H,20,22)(H,21,23)/b14-9-. The lowest BCUT2D eigenvalue weighted by Crippen LogP contribution is -2.24. The number of halogens is 1. The minimum Gasteiger partial charge on any atom is -0.375 e. The van der Waals surface area contributed by atoms with Gasteiger partial charge in [0.15, 0.2) is 0 Å². The first kappa shape index (κ1) is 15.1. The van der Waals surface area contributed by atoms with E-state index in [2.05, 4.69) is 16.0 Å². The molecule has 0 fully saturated rings. The van der Waals surface area contributed by atoms with Crippen molar-refractivity contribution in [3.63, 3.8) is 0 Å². The lowest BCUT2D eigenvalue weighted by atomic mass is 10.1. The van der Waals surface area contributed by atoms with Crippen molar-refractivity contribution in [1.82, 2.24) is 5.32 Å². The normalized spacial score (nSPS) is 15.2. The monoisotopic (exact) mass is 327 g/mol. The third-order valence-electron chi connectivity index (χ3n) is 3.30. The minimum atomic E-state index is -0.283. The zero-order valence-electron chi connectivity index (χ0n) is 12.1. The van der Waals surface area contributed by atoms with Gasteiger partial charge in [0.1, 0.15) is 0 Å². The van der Waals surface area contributed by atoms with Gasteiger partial charge in [-0.05, 0) is 30.3 Å². The molecule has 0 bridgehead atoms. The van der Waals surface area contributed by atoms with Crippen LogP contribution in [0.2, 0.25) is 5.02 Å². The zero-order chi connectivity index (χ0) is 16.2.